The summed E-state index contributed by atoms with van der Waals surface area (Å²) in [5.41, 5.74) is 2.07. The fraction of sp³-hybridized carbons (Fsp3) is 0.235. The maximum atomic E-state index is 13.2. The summed E-state index contributed by atoms with van der Waals surface area (Å²) in [7, 11) is 0. The number of nitrogens with one attached hydrogen (secondary N) is 1. The van der Waals surface area contributed by atoms with Crippen molar-refractivity contribution in [2.75, 3.05) is 19.6 Å². The van der Waals surface area contributed by atoms with Crippen LogP contribution in [-0.4, -0.2) is 41.3 Å². The zero-order chi connectivity index (χ0) is 16.2. The number of piperazine rings is 1. The van der Waals surface area contributed by atoms with Crippen molar-refractivity contribution < 1.29 is 14.0 Å². The first-order valence-electron chi connectivity index (χ1n) is 7.36. The molecule has 1 aromatic heterocycles. The van der Waals surface area contributed by atoms with Gasteiger partial charge in [-0.3, -0.25) is 14.6 Å². The molecule has 2 heterocycles. The predicted molar refractivity (Wildman–Crippen MR) is 82.4 cm³/mol. The number of carbonyl (C=O) groups excluding carboxylic acids is 2. The lowest BCUT2D eigenvalue weighted by molar-refractivity contribution is -0.123. The van der Waals surface area contributed by atoms with Gasteiger partial charge < -0.3 is 10.2 Å². The second kappa shape index (κ2) is 6.56. The Hall–Kier alpha value is -2.76. The summed E-state index contributed by atoms with van der Waals surface area (Å²) in [5.74, 6) is -0.663. The smallest absolute Gasteiger partial charge is 0.255 e. The maximum absolute atomic E-state index is 13.2. The van der Waals surface area contributed by atoms with Crippen molar-refractivity contribution in [1.29, 1.82) is 0 Å². The van der Waals surface area contributed by atoms with Gasteiger partial charge in [-0.1, -0.05) is 12.1 Å². The first-order chi connectivity index (χ1) is 11.1. The minimum Gasteiger partial charge on any atom is -0.353 e. The van der Waals surface area contributed by atoms with Crippen LogP contribution in [-0.2, 0) is 11.2 Å². The third-order valence-electron chi connectivity index (χ3n) is 3.66. The molecule has 0 spiro atoms. The van der Waals surface area contributed by atoms with E-state index >= 15 is 0 Å². The van der Waals surface area contributed by atoms with E-state index in [9.17, 15) is 14.0 Å². The van der Waals surface area contributed by atoms with Crippen molar-refractivity contribution >= 4 is 11.8 Å². The van der Waals surface area contributed by atoms with Crippen LogP contribution in [0.25, 0.3) is 0 Å². The van der Waals surface area contributed by atoms with E-state index in [2.05, 4.69) is 10.3 Å². The second-order valence-corrected chi connectivity index (χ2v) is 5.47. The Morgan fingerprint density at radius 2 is 2.13 bits per heavy atom. The number of hydrogen-bond acceptors (Lipinski definition) is 3. The highest BCUT2D eigenvalue weighted by atomic mass is 19.1. The molecule has 2 amide bonds. The van der Waals surface area contributed by atoms with E-state index in [1.807, 2.05) is 6.07 Å². The average molecular weight is 313 g/mol. The third-order valence-corrected chi connectivity index (χ3v) is 3.66. The standard InChI is InChI=1S/C17H16FN3O2/c18-15-3-1-2-12(8-15)6-13-7-14(10-19-9-13)17(23)21-5-4-20-16(22)11-21/h1-3,7-10H,4-6,11H2,(H,20,22). The quantitative estimate of drug-likeness (QED) is 0.931. The highest BCUT2D eigenvalue weighted by molar-refractivity contribution is 5.96. The molecule has 0 bridgehead atoms. The van der Waals surface area contributed by atoms with Gasteiger partial charge in [0, 0.05) is 25.5 Å². The molecule has 0 radical (unpaired) electrons. The number of hydrogen-bond donors (Lipinski definition) is 1. The Morgan fingerprint density at radius 3 is 2.91 bits per heavy atom. The van der Waals surface area contributed by atoms with Gasteiger partial charge in [-0.15, -0.1) is 0 Å². The van der Waals surface area contributed by atoms with Crippen molar-refractivity contribution in [1.82, 2.24) is 15.2 Å². The van der Waals surface area contributed by atoms with Gasteiger partial charge in [-0.25, -0.2) is 4.39 Å². The molecule has 1 aliphatic rings. The molecule has 1 N–H and O–H groups in total. The zero-order valence-corrected chi connectivity index (χ0v) is 12.5. The number of halogens is 1. The van der Waals surface area contributed by atoms with Crippen LogP contribution in [0, 0.1) is 5.82 Å². The molecule has 1 fully saturated rings. The van der Waals surface area contributed by atoms with Crippen LogP contribution < -0.4 is 5.32 Å². The van der Waals surface area contributed by atoms with E-state index in [4.69, 9.17) is 0 Å². The first kappa shape index (κ1) is 15.1. The van der Waals surface area contributed by atoms with Crippen LogP contribution >= 0.6 is 0 Å². The van der Waals surface area contributed by atoms with Crippen molar-refractivity contribution in [2.24, 2.45) is 0 Å². The molecule has 0 saturated carbocycles. The van der Waals surface area contributed by atoms with Crippen LogP contribution in [0.2, 0.25) is 0 Å². The fourth-order valence-electron chi connectivity index (χ4n) is 2.58. The molecular formula is C17H16FN3O2. The summed E-state index contributed by atoms with van der Waals surface area (Å²) < 4.78 is 13.2. The van der Waals surface area contributed by atoms with Gasteiger partial charge in [0.2, 0.25) is 5.91 Å². The Bertz CT molecular complexity index is 748. The van der Waals surface area contributed by atoms with Crippen LogP contribution in [0.5, 0.6) is 0 Å². The molecule has 118 valence electrons. The van der Waals surface area contributed by atoms with Gasteiger partial charge >= 0.3 is 0 Å². The van der Waals surface area contributed by atoms with Crippen molar-refractivity contribution in [2.45, 2.75) is 6.42 Å². The molecular weight excluding hydrogens is 297 g/mol. The minimum absolute atomic E-state index is 0.0625. The summed E-state index contributed by atoms with van der Waals surface area (Å²) in [6.45, 7) is 1.01. The van der Waals surface area contributed by atoms with Crippen molar-refractivity contribution in [3.8, 4) is 0 Å². The molecule has 0 unspecified atom stereocenters. The number of pyridine rings is 1. The summed E-state index contributed by atoms with van der Waals surface area (Å²) in [4.78, 5) is 29.4. The molecule has 1 saturated heterocycles. The third kappa shape index (κ3) is 3.71. The number of rotatable bonds is 3. The van der Waals surface area contributed by atoms with E-state index in [1.165, 1.54) is 23.2 Å². The molecule has 1 aromatic carbocycles. The average Bonchev–Trinajstić information content (AvgIpc) is 2.54. The van der Waals surface area contributed by atoms with Gasteiger partial charge in [0.25, 0.3) is 5.91 Å². The highest BCUT2D eigenvalue weighted by Gasteiger charge is 2.22. The van der Waals surface area contributed by atoms with E-state index in [0.717, 1.165) is 11.1 Å². The highest BCUT2D eigenvalue weighted by Crippen LogP contribution is 2.13. The Labute approximate surface area is 133 Å². The number of carbonyl (C=O) groups is 2. The minimum atomic E-state index is -0.290. The van der Waals surface area contributed by atoms with Gasteiger partial charge in [0.1, 0.15) is 5.82 Å². The number of aromatic nitrogens is 1. The van der Waals surface area contributed by atoms with Crippen LogP contribution in [0.3, 0.4) is 0 Å². The first-order valence-corrected chi connectivity index (χ1v) is 7.36. The Morgan fingerprint density at radius 1 is 1.26 bits per heavy atom. The lowest BCUT2D eigenvalue weighted by Crippen LogP contribution is -2.50. The molecule has 3 rings (SSSR count). The van der Waals surface area contributed by atoms with E-state index in [0.29, 0.717) is 25.1 Å². The molecule has 0 aliphatic carbocycles. The zero-order valence-electron chi connectivity index (χ0n) is 12.5. The molecule has 1 aliphatic heterocycles. The number of amides is 2. The van der Waals surface area contributed by atoms with E-state index < -0.39 is 0 Å². The molecule has 6 heteroatoms. The van der Waals surface area contributed by atoms with Gasteiger partial charge in [0.15, 0.2) is 0 Å². The summed E-state index contributed by atoms with van der Waals surface area (Å²) >= 11 is 0. The largest absolute Gasteiger partial charge is 0.353 e. The van der Waals surface area contributed by atoms with Gasteiger partial charge in [-0.05, 0) is 35.7 Å². The number of benzene rings is 1. The summed E-state index contributed by atoms with van der Waals surface area (Å²) in [5, 5.41) is 2.68. The molecule has 2 aromatic rings. The van der Waals surface area contributed by atoms with E-state index in [1.54, 1.807) is 18.3 Å². The summed E-state index contributed by atoms with van der Waals surface area (Å²) in [6, 6.07) is 8.07. The molecule has 0 atom stereocenters. The summed E-state index contributed by atoms with van der Waals surface area (Å²) in [6.07, 6.45) is 3.64. The van der Waals surface area contributed by atoms with Crippen LogP contribution in [0.1, 0.15) is 21.5 Å². The number of nitrogens with zero attached hydrogens (tertiary/aromatic N) is 2. The van der Waals surface area contributed by atoms with Gasteiger partial charge in [-0.2, -0.15) is 0 Å². The molecule has 23 heavy (non-hydrogen) atoms. The predicted octanol–water partition coefficient (Wildman–Crippen LogP) is 1.38. The second-order valence-electron chi connectivity index (χ2n) is 5.47. The lowest BCUT2D eigenvalue weighted by Gasteiger charge is -2.26. The SMILES string of the molecule is O=C1CN(C(=O)c2cncc(Cc3cccc(F)c3)c2)CCN1. The normalized spacial score (nSPS) is 14.5. The maximum Gasteiger partial charge on any atom is 0.255 e. The van der Waals surface area contributed by atoms with Crippen LogP contribution in [0.15, 0.2) is 42.7 Å². The van der Waals surface area contributed by atoms with E-state index in [-0.39, 0.29) is 24.2 Å². The Balaban J connectivity index is 1.76. The van der Waals surface area contributed by atoms with Gasteiger partial charge in [0.05, 0.1) is 12.1 Å². The van der Waals surface area contributed by atoms with Crippen molar-refractivity contribution in [3.05, 3.63) is 65.2 Å². The monoisotopic (exact) mass is 313 g/mol. The topological polar surface area (TPSA) is 62.3 Å². The Kier molecular flexibility index (Phi) is 4.32. The van der Waals surface area contributed by atoms with Crippen molar-refractivity contribution in [3.63, 3.8) is 0 Å². The lowest BCUT2D eigenvalue weighted by atomic mass is 10.0. The molecule has 5 nitrogen and oxygen atoms in total. The van der Waals surface area contributed by atoms with Crippen LogP contribution in [0.4, 0.5) is 4.39 Å². The fourth-order valence-corrected chi connectivity index (χ4v) is 2.58.